The number of hydrogen-bond acceptors (Lipinski definition) is 8. The summed E-state index contributed by atoms with van der Waals surface area (Å²) in [6.07, 6.45) is 0.750. The topological polar surface area (TPSA) is 116 Å². The molecule has 0 atom stereocenters. The van der Waals surface area contributed by atoms with Crippen molar-refractivity contribution in [2.45, 2.75) is 13.0 Å². The van der Waals surface area contributed by atoms with Crippen LogP contribution in [-0.4, -0.2) is 47.9 Å². The standard InChI is InChI=1S/C18H16N2O7S/c1-26-17(22)12-6-13(8-14(7-12)20(24)25)18(23)27-10-16(21)19-4-2-15-11(9-19)3-5-28-15/h3,5-8H,2,4,9-10H2,1H3. The van der Waals surface area contributed by atoms with Gasteiger partial charge in [-0.1, -0.05) is 0 Å². The van der Waals surface area contributed by atoms with E-state index in [-0.39, 0.29) is 17.0 Å². The van der Waals surface area contributed by atoms with Crippen molar-refractivity contribution < 1.29 is 28.8 Å². The zero-order chi connectivity index (χ0) is 20.3. The van der Waals surface area contributed by atoms with Gasteiger partial charge < -0.3 is 14.4 Å². The molecule has 1 amide bonds. The number of methoxy groups -OCH3 is 1. The maximum atomic E-state index is 12.3. The third kappa shape index (κ3) is 4.17. The van der Waals surface area contributed by atoms with E-state index in [0.29, 0.717) is 13.1 Å². The van der Waals surface area contributed by atoms with Crippen molar-refractivity contribution >= 4 is 34.9 Å². The maximum Gasteiger partial charge on any atom is 0.338 e. The second-order valence-corrected chi connectivity index (χ2v) is 7.03. The van der Waals surface area contributed by atoms with Gasteiger partial charge in [0.15, 0.2) is 6.61 Å². The Kier molecular flexibility index (Phi) is 5.69. The minimum Gasteiger partial charge on any atom is -0.465 e. The van der Waals surface area contributed by atoms with Gasteiger partial charge in [0, 0.05) is 30.1 Å². The predicted octanol–water partition coefficient (Wildman–Crippen LogP) is 2.18. The predicted molar refractivity (Wildman–Crippen MR) is 98.2 cm³/mol. The normalized spacial score (nSPS) is 12.8. The van der Waals surface area contributed by atoms with Crippen molar-refractivity contribution in [3.63, 3.8) is 0 Å². The van der Waals surface area contributed by atoms with Gasteiger partial charge in [0.05, 0.1) is 23.2 Å². The van der Waals surface area contributed by atoms with Gasteiger partial charge >= 0.3 is 11.9 Å². The summed E-state index contributed by atoms with van der Waals surface area (Å²) in [7, 11) is 1.12. The van der Waals surface area contributed by atoms with Crippen LogP contribution in [0.2, 0.25) is 0 Å². The summed E-state index contributed by atoms with van der Waals surface area (Å²) in [5.41, 5.74) is 0.261. The van der Waals surface area contributed by atoms with Crippen molar-refractivity contribution in [1.29, 1.82) is 0 Å². The van der Waals surface area contributed by atoms with Crippen LogP contribution in [-0.2, 0) is 27.2 Å². The molecule has 9 nitrogen and oxygen atoms in total. The number of ether oxygens (including phenoxy) is 2. The Labute approximate surface area is 163 Å². The molecule has 10 heteroatoms. The third-order valence-electron chi connectivity index (χ3n) is 4.27. The first-order valence-electron chi connectivity index (χ1n) is 8.27. The second kappa shape index (κ2) is 8.17. The Hall–Kier alpha value is -3.27. The van der Waals surface area contributed by atoms with Gasteiger partial charge in [-0.15, -0.1) is 11.3 Å². The average Bonchev–Trinajstić information content (AvgIpc) is 3.18. The molecule has 0 saturated carbocycles. The number of fused-ring (bicyclic) bond motifs is 1. The number of carbonyl (C=O) groups excluding carboxylic acids is 3. The first kappa shape index (κ1) is 19.5. The minimum atomic E-state index is -0.935. The number of nitrogens with zero attached hydrogens (tertiary/aromatic N) is 2. The summed E-state index contributed by atoms with van der Waals surface area (Å²) in [4.78, 5) is 49.4. The van der Waals surface area contributed by atoms with Crippen molar-refractivity contribution in [2.24, 2.45) is 0 Å². The van der Waals surface area contributed by atoms with Gasteiger partial charge in [-0.3, -0.25) is 14.9 Å². The number of hydrogen-bond donors (Lipinski definition) is 0. The number of carbonyl (C=O) groups is 3. The van der Waals surface area contributed by atoms with Crippen LogP contribution < -0.4 is 0 Å². The van der Waals surface area contributed by atoms with Crippen LogP contribution in [0.3, 0.4) is 0 Å². The van der Waals surface area contributed by atoms with E-state index in [4.69, 9.17) is 4.74 Å². The van der Waals surface area contributed by atoms with Crippen molar-refractivity contribution in [3.8, 4) is 0 Å². The quantitative estimate of drug-likeness (QED) is 0.426. The molecule has 0 spiro atoms. The number of esters is 2. The van der Waals surface area contributed by atoms with Crippen molar-refractivity contribution in [3.05, 3.63) is 61.3 Å². The number of nitro benzene ring substituents is 1. The first-order valence-corrected chi connectivity index (χ1v) is 9.15. The summed E-state index contributed by atoms with van der Waals surface area (Å²) in [5.74, 6) is -2.12. The first-order chi connectivity index (χ1) is 13.4. The van der Waals surface area contributed by atoms with Crippen LogP contribution in [0.15, 0.2) is 29.6 Å². The fourth-order valence-electron chi connectivity index (χ4n) is 2.83. The molecule has 1 aliphatic heterocycles. The summed E-state index contributed by atoms with van der Waals surface area (Å²) in [6.45, 7) is 0.500. The van der Waals surface area contributed by atoms with Crippen LogP contribution in [0.25, 0.3) is 0 Å². The summed E-state index contributed by atoms with van der Waals surface area (Å²) in [5, 5.41) is 13.0. The molecule has 0 bridgehead atoms. The van der Waals surface area contributed by atoms with E-state index in [1.54, 1.807) is 16.2 Å². The van der Waals surface area contributed by atoms with E-state index >= 15 is 0 Å². The molecule has 0 saturated heterocycles. The minimum absolute atomic E-state index is 0.156. The molecule has 0 fully saturated rings. The zero-order valence-electron chi connectivity index (χ0n) is 14.9. The number of nitro groups is 1. The van der Waals surface area contributed by atoms with E-state index < -0.39 is 29.2 Å². The van der Waals surface area contributed by atoms with E-state index in [1.165, 1.54) is 4.88 Å². The lowest BCUT2D eigenvalue weighted by atomic mass is 10.1. The molecule has 2 aromatic rings. The van der Waals surface area contributed by atoms with Gasteiger partial charge in [-0.2, -0.15) is 0 Å². The number of amides is 1. The summed E-state index contributed by atoms with van der Waals surface area (Å²) in [6, 6.07) is 5.07. The largest absolute Gasteiger partial charge is 0.465 e. The highest BCUT2D eigenvalue weighted by molar-refractivity contribution is 7.10. The van der Waals surface area contributed by atoms with Gasteiger partial charge in [0.1, 0.15) is 0 Å². The Morgan fingerprint density at radius 3 is 2.61 bits per heavy atom. The summed E-state index contributed by atoms with van der Waals surface area (Å²) < 4.78 is 9.55. The Morgan fingerprint density at radius 2 is 1.93 bits per heavy atom. The van der Waals surface area contributed by atoms with E-state index in [2.05, 4.69) is 4.74 Å². The highest BCUT2D eigenvalue weighted by Crippen LogP contribution is 2.24. The van der Waals surface area contributed by atoms with Crippen molar-refractivity contribution in [2.75, 3.05) is 20.3 Å². The molecule has 0 aliphatic carbocycles. The second-order valence-electron chi connectivity index (χ2n) is 6.03. The van der Waals surface area contributed by atoms with Gasteiger partial charge in [0.25, 0.3) is 11.6 Å². The smallest absolute Gasteiger partial charge is 0.338 e. The molecule has 0 unspecified atom stereocenters. The van der Waals surface area contributed by atoms with Gasteiger partial charge in [-0.25, -0.2) is 9.59 Å². The average molecular weight is 404 g/mol. The monoisotopic (exact) mass is 404 g/mol. The third-order valence-corrected chi connectivity index (χ3v) is 5.30. The molecule has 0 N–H and O–H groups in total. The van der Waals surface area contributed by atoms with Crippen LogP contribution in [0, 0.1) is 10.1 Å². The van der Waals surface area contributed by atoms with Crippen LogP contribution in [0.4, 0.5) is 5.69 Å². The fourth-order valence-corrected chi connectivity index (χ4v) is 3.72. The number of benzene rings is 1. The lowest BCUT2D eigenvalue weighted by Gasteiger charge is -2.26. The van der Waals surface area contributed by atoms with Crippen molar-refractivity contribution in [1.82, 2.24) is 4.90 Å². The fraction of sp³-hybridized carbons (Fsp3) is 0.278. The molecule has 3 rings (SSSR count). The lowest BCUT2D eigenvalue weighted by Crippen LogP contribution is -2.38. The van der Waals surface area contributed by atoms with E-state index in [9.17, 15) is 24.5 Å². The van der Waals surface area contributed by atoms with Gasteiger partial charge in [-0.05, 0) is 29.5 Å². The lowest BCUT2D eigenvalue weighted by molar-refractivity contribution is -0.384. The molecule has 0 radical (unpaired) electrons. The number of rotatable bonds is 5. The molecule has 28 heavy (non-hydrogen) atoms. The highest BCUT2D eigenvalue weighted by atomic mass is 32.1. The Bertz CT molecular complexity index is 953. The molecule has 1 aromatic heterocycles. The molecular weight excluding hydrogens is 388 g/mol. The SMILES string of the molecule is COC(=O)c1cc(C(=O)OCC(=O)N2CCc3sccc3C2)cc([N+](=O)[O-])c1. The molecule has 1 aliphatic rings. The van der Waals surface area contributed by atoms with Crippen LogP contribution >= 0.6 is 11.3 Å². The van der Waals surface area contributed by atoms with E-state index in [0.717, 1.165) is 37.3 Å². The summed E-state index contributed by atoms with van der Waals surface area (Å²) >= 11 is 1.65. The molecule has 2 heterocycles. The van der Waals surface area contributed by atoms with Crippen LogP contribution in [0.5, 0.6) is 0 Å². The number of thiophene rings is 1. The zero-order valence-corrected chi connectivity index (χ0v) is 15.7. The van der Waals surface area contributed by atoms with Gasteiger partial charge in [0.2, 0.25) is 0 Å². The van der Waals surface area contributed by atoms with Crippen LogP contribution in [0.1, 0.15) is 31.2 Å². The maximum absolute atomic E-state index is 12.3. The highest BCUT2D eigenvalue weighted by Gasteiger charge is 2.24. The molecule has 1 aromatic carbocycles. The molecular formula is C18H16N2O7S. The Balaban J connectivity index is 1.67. The molecule has 146 valence electrons. The van der Waals surface area contributed by atoms with E-state index in [1.807, 2.05) is 11.4 Å². The Morgan fingerprint density at radius 1 is 1.21 bits per heavy atom. The number of non-ortho nitro benzene ring substituents is 1.